The molecular weight excluding hydrogens is 260 g/mol. The van der Waals surface area contributed by atoms with Crippen molar-refractivity contribution in [2.24, 2.45) is 0 Å². The molecule has 0 unspecified atom stereocenters. The van der Waals surface area contributed by atoms with Crippen LogP contribution in [0.15, 0.2) is 18.2 Å². The van der Waals surface area contributed by atoms with Gasteiger partial charge in [0.2, 0.25) is 5.91 Å². The molecule has 1 fully saturated rings. The molecule has 0 spiro atoms. The number of aromatic nitrogens is 1. The van der Waals surface area contributed by atoms with Gasteiger partial charge < -0.3 is 9.88 Å². The third kappa shape index (κ3) is 2.57. The summed E-state index contributed by atoms with van der Waals surface area (Å²) in [6.07, 6.45) is 2.76. The van der Waals surface area contributed by atoms with E-state index in [1.54, 1.807) is 0 Å². The summed E-state index contributed by atoms with van der Waals surface area (Å²) < 4.78 is 0. The van der Waals surface area contributed by atoms with Crippen LogP contribution in [0.2, 0.25) is 0 Å². The molecule has 1 aromatic carbocycles. The topological polar surface area (TPSA) is 36.1 Å². The zero-order valence-corrected chi connectivity index (χ0v) is 13.2. The maximum absolute atomic E-state index is 11.8. The van der Waals surface area contributed by atoms with Crippen LogP contribution in [0.25, 0.3) is 10.9 Å². The number of aromatic amines is 1. The summed E-state index contributed by atoms with van der Waals surface area (Å²) in [6.45, 7) is 8.09. The van der Waals surface area contributed by atoms with E-state index >= 15 is 0 Å². The second-order valence-electron chi connectivity index (χ2n) is 6.22. The fraction of sp³-hybridized carbons (Fsp3) is 0.500. The average molecular weight is 284 g/mol. The van der Waals surface area contributed by atoms with Gasteiger partial charge in [-0.1, -0.05) is 18.6 Å². The molecule has 1 N–H and O–H groups in total. The lowest BCUT2D eigenvalue weighted by atomic mass is 9.91. The van der Waals surface area contributed by atoms with E-state index in [0.717, 1.165) is 25.9 Å². The maximum Gasteiger partial charge on any atom is 0.222 e. The fourth-order valence-electron chi connectivity index (χ4n) is 3.51. The molecule has 0 bridgehead atoms. The largest absolute Gasteiger partial charge is 0.358 e. The highest BCUT2D eigenvalue weighted by molar-refractivity contribution is 5.85. The van der Waals surface area contributed by atoms with Crippen molar-refractivity contribution in [2.75, 3.05) is 13.1 Å². The molecule has 1 amide bonds. The van der Waals surface area contributed by atoms with Gasteiger partial charge in [-0.15, -0.1) is 0 Å². The molecule has 2 aromatic rings. The van der Waals surface area contributed by atoms with Crippen LogP contribution in [0.5, 0.6) is 0 Å². The summed E-state index contributed by atoms with van der Waals surface area (Å²) in [6, 6.07) is 6.60. The van der Waals surface area contributed by atoms with Gasteiger partial charge in [0.1, 0.15) is 0 Å². The van der Waals surface area contributed by atoms with Gasteiger partial charge in [-0.2, -0.15) is 0 Å². The number of likely N-dealkylation sites (tertiary alicyclic amines) is 1. The van der Waals surface area contributed by atoms with E-state index in [-0.39, 0.29) is 5.91 Å². The molecule has 1 aromatic heterocycles. The molecule has 0 radical (unpaired) electrons. The van der Waals surface area contributed by atoms with Gasteiger partial charge in [-0.05, 0) is 44.4 Å². The van der Waals surface area contributed by atoms with Crippen LogP contribution in [-0.2, 0) is 4.79 Å². The number of fused-ring (bicyclic) bond motifs is 1. The van der Waals surface area contributed by atoms with Crippen molar-refractivity contribution in [3.63, 3.8) is 0 Å². The zero-order chi connectivity index (χ0) is 15.0. The number of rotatable bonds is 2. The molecule has 2 heterocycles. The minimum atomic E-state index is 0.289. The minimum absolute atomic E-state index is 0.289. The molecule has 1 aliphatic rings. The quantitative estimate of drug-likeness (QED) is 0.892. The highest BCUT2D eigenvalue weighted by Gasteiger charge is 2.25. The molecule has 3 rings (SSSR count). The Morgan fingerprint density at radius 3 is 2.67 bits per heavy atom. The zero-order valence-electron chi connectivity index (χ0n) is 13.2. The third-order valence-corrected chi connectivity index (χ3v) is 4.81. The smallest absolute Gasteiger partial charge is 0.222 e. The monoisotopic (exact) mass is 284 g/mol. The first-order valence-electron chi connectivity index (χ1n) is 7.96. The van der Waals surface area contributed by atoms with Crippen LogP contribution < -0.4 is 0 Å². The van der Waals surface area contributed by atoms with E-state index in [1.807, 2.05) is 11.8 Å². The number of hydrogen-bond donors (Lipinski definition) is 1. The van der Waals surface area contributed by atoms with Crippen LogP contribution in [0.4, 0.5) is 0 Å². The molecule has 0 aliphatic carbocycles. The van der Waals surface area contributed by atoms with Crippen molar-refractivity contribution >= 4 is 16.8 Å². The van der Waals surface area contributed by atoms with Crippen molar-refractivity contribution in [3.05, 3.63) is 35.0 Å². The van der Waals surface area contributed by atoms with E-state index in [4.69, 9.17) is 0 Å². The number of benzene rings is 1. The van der Waals surface area contributed by atoms with Gasteiger partial charge in [-0.25, -0.2) is 0 Å². The first-order chi connectivity index (χ1) is 10.1. The summed E-state index contributed by atoms with van der Waals surface area (Å²) in [5, 5.41) is 1.34. The number of aryl methyl sites for hydroxylation is 2. The normalized spacial score (nSPS) is 16.6. The highest BCUT2D eigenvalue weighted by Crippen LogP contribution is 2.33. The van der Waals surface area contributed by atoms with Gasteiger partial charge in [0, 0.05) is 42.0 Å². The average Bonchev–Trinajstić information content (AvgIpc) is 2.83. The Bertz CT molecular complexity index is 663. The minimum Gasteiger partial charge on any atom is -0.358 e. The predicted molar refractivity (Wildman–Crippen MR) is 86.6 cm³/mol. The molecular formula is C18H24N2O. The van der Waals surface area contributed by atoms with Crippen molar-refractivity contribution < 1.29 is 4.79 Å². The van der Waals surface area contributed by atoms with E-state index in [2.05, 4.69) is 37.0 Å². The van der Waals surface area contributed by atoms with Gasteiger partial charge in [0.15, 0.2) is 0 Å². The standard InChI is InChI=1S/C18H24N2O/c1-4-17(21)20-9-7-14(8-10-20)18-13(3)15-11-12(2)5-6-16(15)19-18/h5-6,11,14,19H,4,7-10H2,1-3H3. The molecule has 112 valence electrons. The summed E-state index contributed by atoms with van der Waals surface area (Å²) in [4.78, 5) is 17.4. The summed E-state index contributed by atoms with van der Waals surface area (Å²) >= 11 is 0. The van der Waals surface area contributed by atoms with E-state index in [1.165, 1.54) is 27.7 Å². The lowest BCUT2D eigenvalue weighted by molar-refractivity contribution is -0.131. The second-order valence-corrected chi connectivity index (χ2v) is 6.22. The second kappa shape index (κ2) is 5.55. The Kier molecular flexibility index (Phi) is 3.75. The van der Waals surface area contributed by atoms with Gasteiger partial charge in [-0.3, -0.25) is 4.79 Å². The van der Waals surface area contributed by atoms with Crippen molar-refractivity contribution in [2.45, 2.75) is 46.0 Å². The highest BCUT2D eigenvalue weighted by atomic mass is 16.2. The lowest BCUT2D eigenvalue weighted by Crippen LogP contribution is -2.37. The number of nitrogens with zero attached hydrogens (tertiary/aromatic N) is 1. The van der Waals surface area contributed by atoms with E-state index in [0.29, 0.717) is 12.3 Å². The van der Waals surface area contributed by atoms with Gasteiger partial charge >= 0.3 is 0 Å². The van der Waals surface area contributed by atoms with Crippen molar-refractivity contribution in [3.8, 4) is 0 Å². The van der Waals surface area contributed by atoms with Gasteiger partial charge in [0.25, 0.3) is 0 Å². The summed E-state index contributed by atoms with van der Waals surface area (Å²) in [5.41, 5.74) is 5.30. The van der Waals surface area contributed by atoms with Crippen LogP contribution in [0.3, 0.4) is 0 Å². The Balaban J connectivity index is 1.82. The molecule has 1 aliphatic heterocycles. The molecule has 0 saturated carbocycles. The van der Waals surface area contributed by atoms with Crippen LogP contribution in [-0.4, -0.2) is 28.9 Å². The van der Waals surface area contributed by atoms with Crippen LogP contribution in [0.1, 0.15) is 48.9 Å². The fourth-order valence-corrected chi connectivity index (χ4v) is 3.51. The Morgan fingerprint density at radius 1 is 1.29 bits per heavy atom. The third-order valence-electron chi connectivity index (χ3n) is 4.81. The van der Waals surface area contributed by atoms with Crippen molar-refractivity contribution in [1.82, 2.24) is 9.88 Å². The SMILES string of the molecule is CCC(=O)N1CCC(c2[nH]c3ccc(C)cc3c2C)CC1. The number of amides is 1. The maximum atomic E-state index is 11.8. The van der Waals surface area contributed by atoms with Crippen molar-refractivity contribution in [1.29, 1.82) is 0 Å². The molecule has 3 heteroatoms. The lowest BCUT2D eigenvalue weighted by Gasteiger charge is -2.32. The molecule has 21 heavy (non-hydrogen) atoms. The molecule has 1 saturated heterocycles. The number of H-pyrrole nitrogens is 1. The summed E-state index contributed by atoms with van der Waals surface area (Å²) in [7, 11) is 0. The number of carbonyl (C=O) groups excluding carboxylic acids is 1. The number of nitrogens with one attached hydrogen (secondary N) is 1. The van der Waals surface area contributed by atoms with E-state index in [9.17, 15) is 4.79 Å². The van der Waals surface area contributed by atoms with Crippen LogP contribution in [0, 0.1) is 13.8 Å². The number of hydrogen-bond acceptors (Lipinski definition) is 1. The van der Waals surface area contributed by atoms with E-state index < -0.39 is 0 Å². The predicted octanol–water partition coefficient (Wildman–Crippen LogP) is 3.90. The molecule has 3 nitrogen and oxygen atoms in total. The Labute approximate surface area is 126 Å². The van der Waals surface area contributed by atoms with Crippen LogP contribution >= 0.6 is 0 Å². The first-order valence-corrected chi connectivity index (χ1v) is 7.96. The number of carbonyl (C=O) groups is 1. The first kappa shape index (κ1) is 14.2. The molecule has 0 atom stereocenters. The Morgan fingerprint density at radius 2 is 2.00 bits per heavy atom. The summed E-state index contributed by atoms with van der Waals surface area (Å²) in [5.74, 6) is 0.844. The van der Waals surface area contributed by atoms with Gasteiger partial charge in [0.05, 0.1) is 0 Å². The number of piperidine rings is 1. The Hall–Kier alpha value is -1.77.